The Balaban J connectivity index is 1.78. The van der Waals surface area contributed by atoms with E-state index in [1.165, 1.54) is 5.56 Å². The molecule has 1 N–H and O–H groups in total. The van der Waals surface area contributed by atoms with Gasteiger partial charge >= 0.3 is 0 Å². The first-order valence-electron chi connectivity index (χ1n) is 8.82. The number of nitrogens with one attached hydrogen (secondary N) is 1. The van der Waals surface area contributed by atoms with Crippen molar-refractivity contribution in [2.75, 3.05) is 26.2 Å². The van der Waals surface area contributed by atoms with Gasteiger partial charge in [0, 0.05) is 32.2 Å². The zero-order chi connectivity index (χ0) is 17.0. The van der Waals surface area contributed by atoms with Crippen LogP contribution >= 0.6 is 0 Å². The molecule has 1 fully saturated rings. The second-order valence-corrected chi connectivity index (χ2v) is 7.54. The molecule has 0 aromatic heterocycles. The number of benzene rings is 2. The highest BCUT2D eigenvalue weighted by Crippen LogP contribution is 2.38. The molecule has 1 aliphatic heterocycles. The lowest BCUT2D eigenvalue weighted by molar-refractivity contribution is 0.0862. The van der Waals surface area contributed by atoms with E-state index in [2.05, 4.69) is 55.3 Å². The number of hydrogen-bond acceptors (Lipinski definition) is 3. The summed E-state index contributed by atoms with van der Waals surface area (Å²) in [6.45, 7) is 11.3. The van der Waals surface area contributed by atoms with Gasteiger partial charge in [-0.3, -0.25) is 4.90 Å². The summed E-state index contributed by atoms with van der Waals surface area (Å²) >= 11 is 0. The van der Waals surface area contributed by atoms with Crippen molar-refractivity contribution in [2.24, 2.45) is 5.41 Å². The van der Waals surface area contributed by atoms with Crippen LogP contribution in [0.25, 0.3) is 0 Å². The molecule has 0 saturated carbocycles. The zero-order valence-corrected chi connectivity index (χ0v) is 15.0. The van der Waals surface area contributed by atoms with Crippen molar-refractivity contribution in [1.29, 1.82) is 0 Å². The van der Waals surface area contributed by atoms with E-state index in [0.29, 0.717) is 6.04 Å². The summed E-state index contributed by atoms with van der Waals surface area (Å²) in [6.07, 6.45) is 0. The predicted octanol–water partition coefficient (Wildman–Crippen LogP) is 4.47. The highest BCUT2D eigenvalue weighted by Gasteiger charge is 2.32. The fraction of sp³-hybridized carbons (Fsp3) is 0.429. The van der Waals surface area contributed by atoms with Crippen LogP contribution in [-0.2, 0) is 0 Å². The number of hydrogen-bond donors (Lipinski definition) is 1. The van der Waals surface area contributed by atoms with E-state index in [4.69, 9.17) is 4.74 Å². The quantitative estimate of drug-likeness (QED) is 0.898. The van der Waals surface area contributed by atoms with Gasteiger partial charge in [-0.25, -0.2) is 0 Å². The maximum Gasteiger partial charge on any atom is 0.127 e. The van der Waals surface area contributed by atoms with E-state index in [9.17, 15) is 0 Å². The highest BCUT2D eigenvalue weighted by molar-refractivity contribution is 5.34. The van der Waals surface area contributed by atoms with Crippen molar-refractivity contribution < 1.29 is 4.74 Å². The second kappa shape index (κ2) is 7.37. The molecule has 0 amide bonds. The molecular weight excluding hydrogens is 296 g/mol. The van der Waals surface area contributed by atoms with Crippen molar-refractivity contribution in [1.82, 2.24) is 10.2 Å². The highest BCUT2D eigenvalue weighted by atomic mass is 16.5. The van der Waals surface area contributed by atoms with E-state index >= 15 is 0 Å². The summed E-state index contributed by atoms with van der Waals surface area (Å²) in [5.74, 6) is 1.76. The second-order valence-electron chi connectivity index (χ2n) is 7.54. The van der Waals surface area contributed by atoms with Gasteiger partial charge in [-0.15, -0.1) is 0 Å². The fourth-order valence-electron chi connectivity index (χ4n) is 3.54. The molecule has 1 heterocycles. The molecule has 3 rings (SSSR count). The number of nitrogens with zero attached hydrogens (tertiary/aromatic N) is 1. The average molecular weight is 324 g/mol. The minimum absolute atomic E-state index is 0.194. The van der Waals surface area contributed by atoms with E-state index in [1.54, 1.807) is 0 Å². The summed E-state index contributed by atoms with van der Waals surface area (Å²) in [7, 11) is 0. The third kappa shape index (κ3) is 4.16. The van der Waals surface area contributed by atoms with Gasteiger partial charge in [0.05, 0.1) is 0 Å². The number of rotatable bonds is 4. The molecule has 1 saturated heterocycles. The molecule has 24 heavy (non-hydrogen) atoms. The maximum absolute atomic E-state index is 5.92. The third-order valence-electron chi connectivity index (χ3n) is 4.51. The van der Waals surface area contributed by atoms with Crippen molar-refractivity contribution in [3.05, 3.63) is 60.2 Å². The first kappa shape index (κ1) is 17.0. The summed E-state index contributed by atoms with van der Waals surface area (Å²) < 4.78 is 5.92. The molecule has 0 spiro atoms. The summed E-state index contributed by atoms with van der Waals surface area (Å²) in [5.41, 5.74) is 1.56. The summed E-state index contributed by atoms with van der Waals surface area (Å²) in [4.78, 5) is 2.60. The monoisotopic (exact) mass is 324 g/mol. The van der Waals surface area contributed by atoms with Crippen LogP contribution in [-0.4, -0.2) is 31.1 Å². The molecule has 2 aromatic rings. The maximum atomic E-state index is 5.92. The van der Waals surface area contributed by atoms with Gasteiger partial charge in [-0.2, -0.15) is 0 Å². The Morgan fingerprint density at radius 2 is 1.46 bits per heavy atom. The molecule has 0 radical (unpaired) electrons. The molecule has 3 heteroatoms. The van der Waals surface area contributed by atoms with Crippen LogP contribution in [0.1, 0.15) is 32.4 Å². The molecular formula is C21H28N2O. The summed E-state index contributed by atoms with van der Waals surface area (Å²) in [6, 6.07) is 19.0. The number of ether oxygens (including phenoxy) is 1. The smallest absolute Gasteiger partial charge is 0.127 e. The van der Waals surface area contributed by atoms with Gasteiger partial charge in [0.15, 0.2) is 0 Å². The molecule has 3 nitrogen and oxygen atoms in total. The van der Waals surface area contributed by atoms with E-state index in [0.717, 1.165) is 37.7 Å². The van der Waals surface area contributed by atoms with Gasteiger partial charge in [0.25, 0.3) is 0 Å². The minimum atomic E-state index is 0.194. The van der Waals surface area contributed by atoms with Crippen molar-refractivity contribution >= 4 is 0 Å². The van der Waals surface area contributed by atoms with Crippen LogP contribution in [0.4, 0.5) is 0 Å². The lowest BCUT2D eigenvalue weighted by Gasteiger charge is -2.42. The van der Waals surface area contributed by atoms with E-state index in [1.807, 2.05) is 30.3 Å². The Kier molecular flexibility index (Phi) is 5.22. The van der Waals surface area contributed by atoms with Gasteiger partial charge in [-0.1, -0.05) is 51.1 Å². The molecule has 1 atom stereocenters. The first-order chi connectivity index (χ1) is 11.5. The van der Waals surface area contributed by atoms with Crippen LogP contribution in [0.5, 0.6) is 11.5 Å². The van der Waals surface area contributed by atoms with Gasteiger partial charge in [0.1, 0.15) is 11.5 Å². The SMILES string of the molecule is CC(C)(C)[C@H](c1ccc(Oc2ccccc2)cc1)N1CCNCC1. The lowest BCUT2D eigenvalue weighted by Crippen LogP contribution is -2.48. The van der Waals surface area contributed by atoms with Crippen LogP contribution in [0.15, 0.2) is 54.6 Å². The molecule has 2 aromatic carbocycles. The summed E-state index contributed by atoms with van der Waals surface area (Å²) in [5, 5.41) is 3.45. The average Bonchev–Trinajstić information content (AvgIpc) is 2.57. The van der Waals surface area contributed by atoms with E-state index in [-0.39, 0.29) is 5.41 Å². The normalized spacial score (nSPS) is 17.5. The third-order valence-corrected chi connectivity index (χ3v) is 4.51. The van der Waals surface area contributed by atoms with E-state index < -0.39 is 0 Å². The van der Waals surface area contributed by atoms with Gasteiger partial charge in [0.2, 0.25) is 0 Å². The Bertz CT molecular complexity index is 625. The largest absolute Gasteiger partial charge is 0.457 e. The van der Waals surface area contributed by atoms with Crippen molar-refractivity contribution in [3.63, 3.8) is 0 Å². The number of para-hydroxylation sites is 1. The van der Waals surface area contributed by atoms with Crippen LogP contribution in [0, 0.1) is 5.41 Å². The molecule has 0 bridgehead atoms. The molecule has 1 aliphatic rings. The van der Waals surface area contributed by atoms with Crippen LogP contribution < -0.4 is 10.1 Å². The Hall–Kier alpha value is -1.84. The minimum Gasteiger partial charge on any atom is -0.457 e. The lowest BCUT2D eigenvalue weighted by atomic mass is 9.81. The van der Waals surface area contributed by atoms with Crippen molar-refractivity contribution in [3.8, 4) is 11.5 Å². The Morgan fingerprint density at radius 1 is 0.875 bits per heavy atom. The molecule has 0 unspecified atom stereocenters. The van der Waals surface area contributed by atoms with Crippen LogP contribution in [0.2, 0.25) is 0 Å². The van der Waals surface area contributed by atoms with Gasteiger partial charge < -0.3 is 10.1 Å². The topological polar surface area (TPSA) is 24.5 Å². The van der Waals surface area contributed by atoms with Crippen LogP contribution in [0.3, 0.4) is 0 Å². The standard InChI is InChI=1S/C21H28N2O/c1-21(2,3)20(23-15-13-22-14-16-23)17-9-11-19(12-10-17)24-18-7-5-4-6-8-18/h4-12,20,22H,13-16H2,1-3H3/t20-/m0/s1. The molecule has 128 valence electrons. The Morgan fingerprint density at radius 3 is 2.04 bits per heavy atom. The Labute approximate surface area is 145 Å². The van der Waals surface area contributed by atoms with Gasteiger partial charge in [-0.05, 0) is 35.2 Å². The number of piperazine rings is 1. The first-order valence-corrected chi connectivity index (χ1v) is 8.82. The van der Waals surface area contributed by atoms with Crippen molar-refractivity contribution in [2.45, 2.75) is 26.8 Å². The predicted molar refractivity (Wildman–Crippen MR) is 99.6 cm³/mol. The molecule has 0 aliphatic carbocycles. The zero-order valence-electron chi connectivity index (χ0n) is 15.0. The fourth-order valence-corrected chi connectivity index (χ4v) is 3.54.